The van der Waals surface area contributed by atoms with Gasteiger partial charge in [0.1, 0.15) is 5.82 Å². The molecule has 0 aromatic heterocycles. The number of rotatable bonds is 0. The van der Waals surface area contributed by atoms with Crippen molar-refractivity contribution in [3.63, 3.8) is 0 Å². The molecule has 0 spiro atoms. The van der Waals surface area contributed by atoms with Crippen molar-refractivity contribution in [3.05, 3.63) is 24.0 Å². The molecule has 0 fully saturated rings. The number of hydrogen-bond acceptors (Lipinski definition) is 2. The molecule has 0 radical (unpaired) electrons. The van der Waals surface area contributed by atoms with Crippen LogP contribution in [0.4, 0.5) is 25.2 Å². The Hall–Kier alpha value is -1.39. The first-order valence-corrected chi connectivity index (χ1v) is 2.50. The zero-order valence-electron chi connectivity index (χ0n) is 5.58. The Morgan fingerprint density at radius 2 is 1.27 bits per heavy atom. The van der Waals surface area contributed by atoms with Crippen molar-refractivity contribution in [3.8, 4) is 0 Å². The van der Waals surface area contributed by atoms with Gasteiger partial charge in [0.2, 0.25) is 0 Å². The minimum absolute atomic E-state index is 0. The Morgan fingerprint density at radius 3 is 1.55 bits per heavy atom. The van der Waals surface area contributed by atoms with E-state index in [9.17, 15) is 4.39 Å². The van der Waals surface area contributed by atoms with Gasteiger partial charge in [0, 0.05) is 11.4 Å². The number of nitrogens with two attached hydrogens (primary N) is 2. The lowest BCUT2D eigenvalue weighted by Gasteiger charge is -1.94. The summed E-state index contributed by atoms with van der Waals surface area (Å²) in [5.74, 6) is -0.396. The maximum Gasteiger partial charge on any atom is 0.127 e. The van der Waals surface area contributed by atoms with Crippen molar-refractivity contribution < 1.29 is 13.8 Å². The Kier molecular flexibility index (Phi) is 4.95. The average Bonchev–Trinajstić information content (AvgIpc) is 1.59. The van der Waals surface area contributed by atoms with Crippen LogP contribution in [0.15, 0.2) is 18.2 Å². The van der Waals surface area contributed by atoms with Crippen molar-refractivity contribution >= 4 is 11.4 Å². The van der Waals surface area contributed by atoms with Gasteiger partial charge in [-0.15, -0.1) is 0 Å². The first-order valence-electron chi connectivity index (χ1n) is 2.50. The summed E-state index contributed by atoms with van der Waals surface area (Å²) in [4.78, 5) is 0. The number of nitrogen functional groups attached to an aromatic ring is 2. The maximum absolute atomic E-state index is 12.3. The standard InChI is InChI=1S/C6H7FN2.2FH/c7-4-1-5(8)3-6(9)2-4;;/h1-3H,8-9H2;2*1H. The molecule has 0 saturated carbocycles. The molecule has 1 aromatic carbocycles. The lowest BCUT2D eigenvalue weighted by molar-refractivity contribution is 0.629. The van der Waals surface area contributed by atoms with Gasteiger partial charge in [-0.25, -0.2) is 4.39 Å². The van der Waals surface area contributed by atoms with Crippen molar-refractivity contribution in [1.29, 1.82) is 0 Å². The second kappa shape index (κ2) is 4.43. The molecule has 0 amide bonds. The van der Waals surface area contributed by atoms with E-state index in [4.69, 9.17) is 11.5 Å². The third-order valence-corrected chi connectivity index (χ3v) is 0.942. The van der Waals surface area contributed by atoms with Gasteiger partial charge in [0.05, 0.1) is 0 Å². The zero-order valence-corrected chi connectivity index (χ0v) is 5.58. The fourth-order valence-electron chi connectivity index (χ4n) is 0.636. The number of anilines is 2. The molecular weight excluding hydrogens is 157 g/mol. The molecular formula is C6H9F3N2. The topological polar surface area (TPSA) is 52.0 Å². The molecule has 5 heteroatoms. The van der Waals surface area contributed by atoms with Gasteiger partial charge in [-0.1, -0.05) is 0 Å². The second-order valence-electron chi connectivity index (χ2n) is 1.82. The molecule has 0 aliphatic heterocycles. The molecule has 64 valence electrons. The van der Waals surface area contributed by atoms with Crippen LogP contribution in [0, 0.1) is 5.82 Å². The van der Waals surface area contributed by atoms with Gasteiger partial charge in [0.15, 0.2) is 0 Å². The van der Waals surface area contributed by atoms with E-state index in [1.807, 2.05) is 0 Å². The molecule has 1 rings (SSSR count). The summed E-state index contributed by atoms with van der Waals surface area (Å²) < 4.78 is 12.3. The summed E-state index contributed by atoms with van der Waals surface area (Å²) in [7, 11) is 0. The van der Waals surface area contributed by atoms with Gasteiger partial charge in [0.25, 0.3) is 0 Å². The first kappa shape index (κ1) is 12.3. The Balaban J connectivity index is 0. The minimum Gasteiger partial charge on any atom is -0.399 e. The molecule has 11 heavy (non-hydrogen) atoms. The Labute approximate surface area is 61.7 Å². The maximum atomic E-state index is 12.3. The lowest BCUT2D eigenvalue weighted by atomic mass is 10.3. The number of halogens is 3. The normalized spacial score (nSPS) is 7.73. The van der Waals surface area contributed by atoms with E-state index in [-0.39, 0.29) is 9.41 Å². The van der Waals surface area contributed by atoms with Crippen LogP contribution in [0.1, 0.15) is 0 Å². The van der Waals surface area contributed by atoms with Crippen LogP contribution in [0.2, 0.25) is 0 Å². The second-order valence-corrected chi connectivity index (χ2v) is 1.82. The van der Waals surface area contributed by atoms with Gasteiger partial charge in [-0.05, 0) is 18.2 Å². The molecule has 0 aliphatic rings. The van der Waals surface area contributed by atoms with Crippen molar-refractivity contribution in [2.45, 2.75) is 0 Å². The van der Waals surface area contributed by atoms with E-state index < -0.39 is 5.82 Å². The first-order chi connectivity index (χ1) is 4.18. The van der Waals surface area contributed by atoms with Gasteiger partial charge in [-0.3, -0.25) is 9.41 Å². The van der Waals surface area contributed by atoms with Crippen LogP contribution in [0.25, 0.3) is 0 Å². The molecule has 0 unspecified atom stereocenters. The van der Waals surface area contributed by atoms with E-state index >= 15 is 0 Å². The molecule has 0 aliphatic carbocycles. The predicted octanol–water partition coefficient (Wildman–Crippen LogP) is 1.30. The van der Waals surface area contributed by atoms with Crippen LogP contribution in [0.3, 0.4) is 0 Å². The Bertz CT molecular complexity index is 177. The highest BCUT2D eigenvalue weighted by Gasteiger charge is 1.91. The summed E-state index contributed by atoms with van der Waals surface area (Å²) in [6, 6.07) is 3.94. The molecule has 0 bridgehead atoms. The van der Waals surface area contributed by atoms with Crippen molar-refractivity contribution in [2.75, 3.05) is 11.5 Å². The minimum atomic E-state index is -0.396. The van der Waals surface area contributed by atoms with Crippen LogP contribution in [0.5, 0.6) is 0 Å². The summed E-state index contributed by atoms with van der Waals surface area (Å²) in [5.41, 5.74) is 11.2. The van der Waals surface area contributed by atoms with E-state index in [0.29, 0.717) is 11.4 Å². The highest BCUT2D eigenvalue weighted by Crippen LogP contribution is 2.10. The van der Waals surface area contributed by atoms with Crippen molar-refractivity contribution in [1.82, 2.24) is 0 Å². The Morgan fingerprint density at radius 1 is 0.909 bits per heavy atom. The summed E-state index contributed by atoms with van der Waals surface area (Å²) in [6.07, 6.45) is 0. The molecule has 0 saturated heterocycles. The molecule has 0 heterocycles. The highest BCUT2D eigenvalue weighted by molar-refractivity contribution is 5.51. The smallest absolute Gasteiger partial charge is 0.127 e. The fraction of sp³-hybridized carbons (Fsp3) is 0. The summed E-state index contributed by atoms with van der Waals surface area (Å²) in [5, 5.41) is 0. The quantitative estimate of drug-likeness (QED) is 0.570. The van der Waals surface area contributed by atoms with Crippen LogP contribution < -0.4 is 11.5 Å². The highest BCUT2D eigenvalue weighted by atomic mass is 19.1. The molecule has 0 atom stereocenters. The predicted molar refractivity (Wildman–Crippen MR) is 40.2 cm³/mol. The van der Waals surface area contributed by atoms with Gasteiger partial charge in [-0.2, -0.15) is 0 Å². The average molecular weight is 166 g/mol. The van der Waals surface area contributed by atoms with E-state index in [0.717, 1.165) is 0 Å². The third-order valence-electron chi connectivity index (χ3n) is 0.942. The van der Waals surface area contributed by atoms with E-state index in [2.05, 4.69) is 0 Å². The molecule has 4 N–H and O–H groups in total. The monoisotopic (exact) mass is 166 g/mol. The lowest BCUT2D eigenvalue weighted by Crippen LogP contribution is -1.90. The third kappa shape index (κ3) is 3.34. The van der Waals surface area contributed by atoms with Crippen molar-refractivity contribution in [2.24, 2.45) is 0 Å². The van der Waals surface area contributed by atoms with Gasteiger partial charge >= 0.3 is 0 Å². The number of benzene rings is 1. The fourth-order valence-corrected chi connectivity index (χ4v) is 0.636. The van der Waals surface area contributed by atoms with E-state index in [1.165, 1.54) is 18.2 Å². The van der Waals surface area contributed by atoms with Gasteiger partial charge < -0.3 is 11.5 Å². The number of hydrogen-bond donors (Lipinski definition) is 2. The summed E-state index contributed by atoms with van der Waals surface area (Å²) in [6.45, 7) is 0. The molecule has 1 aromatic rings. The largest absolute Gasteiger partial charge is 0.399 e. The summed E-state index contributed by atoms with van der Waals surface area (Å²) >= 11 is 0. The SMILES string of the molecule is F.F.Nc1cc(N)cc(F)c1. The van der Waals surface area contributed by atoms with Crippen LogP contribution in [-0.4, -0.2) is 0 Å². The van der Waals surface area contributed by atoms with E-state index in [1.54, 1.807) is 0 Å². The van der Waals surface area contributed by atoms with Crippen LogP contribution >= 0.6 is 0 Å². The zero-order chi connectivity index (χ0) is 6.85. The molecule has 2 nitrogen and oxygen atoms in total. The van der Waals surface area contributed by atoms with Crippen LogP contribution in [-0.2, 0) is 0 Å².